The number of thiophene rings is 1. The number of furan rings is 1. The van der Waals surface area contributed by atoms with Crippen LogP contribution in [0.2, 0.25) is 0 Å². The SMILES string of the molecule is CCCCN(CCO)c1nc(-c2ccc([N+](=O)[O-])o2)nc2ccsc12. The molecular formula is C16H18N4O4S. The van der Waals surface area contributed by atoms with Crippen LogP contribution >= 0.6 is 11.3 Å². The van der Waals surface area contributed by atoms with Gasteiger partial charge in [-0.1, -0.05) is 13.3 Å². The second-order valence-electron chi connectivity index (χ2n) is 5.46. The van der Waals surface area contributed by atoms with Gasteiger partial charge in [0.1, 0.15) is 4.92 Å². The molecule has 25 heavy (non-hydrogen) atoms. The van der Waals surface area contributed by atoms with Crippen molar-refractivity contribution in [2.24, 2.45) is 0 Å². The molecule has 0 atom stereocenters. The molecule has 0 aromatic carbocycles. The fourth-order valence-corrected chi connectivity index (χ4v) is 3.36. The van der Waals surface area contributed by atoms with E-state index in [0.29, 0.717) is 12.4 Å². The molecule has 0 saturated carbocycles. The Morgan fingerprint density at radius 1 is 1.32 bits per heavy atom. The van der Waals surface area contributed by atoms with E-state index in [4.69, 9.17) is 4.42 Å². The quantitative estimate of drug-likeness (QED) is 0.483. The minimum absolute atomic E-state index is 0.0160. The number of fused-ring (bicyclic) bond motifs is 1. The summed E-state index contributed by atoms with van der Waals surface area (Å²) in [6, 6.07) is 4.67. The Morgan fingerprint density at radius 3 is 2.84 bits per heavy atom. The highest BCUT2D eigenvalue weighted by atomic mass is 32.1. The van der Waals surface area contributed by atoms with E-state index in [1.807, 2.05) is 16.3 Å². The van der Waals surface area contributed by atoms with Crippen LogP contribution in [0.1, 0.15) is 19.8 Å². The van der Waals surface area contributed by atoms with Gasteiger partial charge in [-0.3, -0.25) is 10.1 Å². The summed E-state index contributed by atoms with van der Waals surface area (Å²) in [6.07, 6.45) is 2.00. The van der Waals surface area contributed by atoms with E-state index in [2.05, 4.69) is 16.9 Å². The Bertz CT molecular complexity index is 876. The molecule has 0 radical (unpaired) electrons. The molecule has 0 aliphatic rings. The summed E-state index contributed by atoms with van der Waals surface area (Å²) < 4.78 is 6.17. The van der Waals surface area contributed by atoms with Gasteiger partial charge in [-0.05, 0) is 23.9 Å². The van der Waals surface area contributed by atoms with Gasteiger partial charge in [0.05, 0.1) is 22.9 Å². The van der Waals surface area contributed by atoms with Crippen molar-refractivity contribution in [2.45, 2.75) is 19.8 Å². The summed E-state index contributed by atoms with van der Waals surface area (Å²) in [6.45, 7) is 3.34. The van der Waals surface area contributed by atoms with E-state index in [-0.39, 0.29) is 18.3 Å². The van der Waals surface area contributed by atoms with Gasteiger partial charge >= 0.3 is 5.88 Å². The van der Waals surface area contributed by atoms with Crippen molar-refractivity contribution in [3.63, 3.8) is 0 Å². The molecule has 1 N–H and O–H groups in total. The zero-order valence-electron chi connectivity index (χ0n) is 13.7. The van der Waals surface area contributed by atoms with Crippen molar-refractivity contribution in [3.05, 3.63) is 33.7 Å². The summed E-state index contributed by atoms with van der Waals surface area (Å²) in [4.78, 5) is 21.3. The zero-order chi connectivity index (χ0) is 17.8. The number of hydrogen-bond acceptors (Lipinski definition) is 8. The van der Waals surface area contributed by atoms with E-state index in [1.165, 1.54) is 23.5 Å². The van der Waals surface area contributed by atoms with Crippen molar-refractivity contribution >= 4 is 33.3 Å². The Labute approximate surface area is 147 Å². The Morgan fingerprint density at radius 2 is 2.16 bits per heavy atom. The number of rotatable bonds is 8. The van der Waals surface area contributed by atoms with Crippen molar-refractivity contribution in [1.29, 1.82) is 0 Å². The van der Waals surface area contributed by atoms with E-state index >= 15 is 0 Å². The third kappa shape index (κ3) is 3.62. The summed E-state index contributed by atoms with van der Waals surface area (Å²) >= 11 is 1.53. The molecule has 0 amide bonds. The summed E-state index contributed by atoms with van der Waals surface area (Å²) in [7, 11) is 0. The van der Waals surface area contributed by atoms with Crippen molar-refractivity contribution < 1.29 is 14.4 Å². The first-order chi connectivity index (χ1) is 12.1. The largest absolute Gasteiger partial charge is 0.433 e. The normalized spacial score (nSPS) is 11.1. The molecule has 0 bridgehead atoms. The van der Waals surface area contributed by atoms with Gasteiger partial charge in [0, 0.05) is 13.1 Å². The number of nitrogens with zero attached hydrogens (tertiary/aromatic N) is 4. The van der Waals surface area contributed by atoms with E-state index in [0.717, 1.165) is 35.4 Å². The Kier molecular flexibility index (Phi) is 5.25. The highest BCUT2D eigenvalue weighted by Crippen LogP contribution is 2.33. The smallest absolute Gasteiger partial charge is 0.397 e. The topological polar surface area (TPSA) is 106 Å². The highest BCUT2D eigenvalue weighted by molar-refractivity contribution is 7.17. The van der Waals surface area contributed by atoms with Crippen molar-refractivity contribution in [1.82, 2.24) is 9.97 Å². The van der Waals surface area contributed by atoms with Crippen LogP contribution in [0, 0.1) is 10.1 Å². The first-order valence-corrected chi connectivity index (χ1v) is 8.87. The maximum atomic E-state index is 10.8. The van der Waals surface area contributed by atoms with Crippen LogP contribution in [-0.2, 0) is 0 Å². The monoisotopic (exact) mass is 362 g/mol. The van der Waals surface area contributed by atoms with Gasteiger partial charge in [0.15, 0.2) is 17.4 Å². The van der Waals surface area contributed by atoms with Gasteiger partial charge < -0.3 is 14.4 Å². The van der Waals surface area contributed by atoms with Gasteiger partial charge in [-0.2, -0.15) is 0 Å². The number of nitro groups is 1. The molecule has 0 fully saturated rings. The lowest BCUT2D eigenvalue weighted by Gasteiger charge is -2.23. The molecule has 0 unspecified atom stereocenters. The predicted octanol–water partition coefficient (Wildman–Crippen LogP) is 3.46. The van der Waals surface area contributed by atoms with Crippen molar-refractivity contribution in [2.75, 3.05) is 24.6 Å². The summed E-state index contributed by atoms with van der Waals surface area (Å²) in [5.74, 6) is 0.925. The summed E-state index contributed by atoms with van der Waals surface area (Å²) in [5, 5.41) is 22.2. The standard InChI is InChI=1S/C16H18N4O4S/c1-2-3-7-19(8-9-21)16-14-11(6-10-25-14)17-15(18-16)12-4-5-13(24-12)20(22)23/h4-6,10,21H,2-3,7-9H2,1H3. The van der Waals surface area contributed by atoms with Gasteiger partial charge in [-0.15, -0.1) is 11.3 Å². The second-order valence-corrected chi connectivity index (χ2v) is 6.38. The van der Waals surface area contributed by atoms with Crippen LogP contribution in [0.3, 0.4) is 0 Å². The fourth-order valence-electron chi connectivity index (χ4n) is 2.51. The molecule has 3 aromatic rings. The molecule has 0 saturated heterocycles. The second kappa shape index (κ2) is 7.58. The Balaban J connectivity index is 2.07. The van der Waals surface area contributed by atoms with Crippen LogP contribution < -0.4 is 4.90 Å². The third-order valence-electron chi connectivity index (χ3n) is 3.73. The van der Waals surface area contributed by atoms with Crippen LogP contribution in [0.15, 0.2) is 28.0 Å². The molecule has 3 heterocycles. The maximum Gasteiger partial charge on any atom is 0.433 e. The number of hydrogen-bond donors (Lipinski definition) is 1. The lowest BCUT2D eigenvalue weighted by molar-refractivity contribution is -0.401. The third-order valence-corrected chi connectivity index (χ3v) is 4.63. The number of aromatic nitrogens is 2. The van der Waals surface area contributed by atoms with E-state index < -0.39 is 4.92 Å². The van der Waals surface area contributed by atoms with Crippen LogP contribution in [0.25, 0.3) is 21.8 Å². The molecule has 3 aromatic heterocycles. The average Bonchev–Trinajstić information content (AvgIpc) is 3.26. The Hall–Kier alpha value is -2.52. The van der Waals surface area contributed by atoms with E-state index in [9.17, 15) is 15.2 Å². The van der Waals surface area contributed by atoms with Crippen LogP contribution in [0.4, 0.5) is 11.7 Å². The minimum Gasteiger partial charge on any atom is -0.397 e. The first kappa shape index (κ1) is 17.3. The van der Waals surface area contributed by atoms with Gasteiger partial charge in [-0.25, -0.2) is 9.97 Å². The molecule has 8 nitrogen and oxygen atoms in total. The van der Waals surface area contributed by atoms with Gasteiger partial charge in [0.2, 0.25) is 0 Å². The molecule has 9 heteroatoms. The fraction of sp³-hybridized carbons (Fsp3) is 0.375. The molecule has 0 aliphatic heterocycles. The molecule has 132 valence electrons. The predicted molar refractivity (Wildman–Crippen MR) is 96.0 cm³/mol. The van der Waals surface area contributed by atoms with E-state index in [1.54, 1.807) is 0 Å². The molecular weight excluding hydrogens is 344 g/mol. The lowest BCUT2D eigenvalue weighted by atomic mass is 10.3. The average molecular weight is 362 g/mol. The number of aliphatic hydroxyl groups is 1. The number of aliphatic hydroxyl groups excluding tert-OH is 1. The zero-order valence-corrected chi connectivity index (χ0v) is 14.5. The first-order valence-electron chi connectivity index (χ1n) is 7.99. The molecule has 0 aliphatic carbocycles. The summed E-state index contributed by atoms with van der Waals surface area (Å²) in [5.41, 5.74) is 0.753. The molecule has 0 spiro atoms. The van der Waals surface area contributed by atoms with Crippen molar-refractivity contribution in [3.8, 4) is 11.6 Å². The number of anilines is 1. The molecule has 3 rings (SSSR count). The van der Waals surface area contributed by atoms with Crippen LogP contribution in [0.5, 0.6) is 0 Å². The maximum absolute atomic E-state index is 10.8. The lowest BCUT2D eigenvalue weighted by Crippen LogP contribution is -2.28. The number of unbranched alkanes of at least 4 members (excludes halogenated alkanes) is 1. The van der Waals surface area contributed by atoms with Gasteiger partial charge in [0.25, 0.3) is 0 Å². The van der Waals surface area contributed by atoms with Crippen LogP contribution in [-0.4, -0.2) is 39.7 Å². The highest BCUT2D eigenvalue weighted by Gasteiger charge is 2.20. The minimum atomic E-state index is -0.590.